The zero-order valence-corrected chi connectivity index (χ0v) is 9.55. The van der Waals surface area contributed by atoms with Gasteiger partial charge in [-0.25, -0.2) is 4.09 Å². The van der Waals surface area contributed by atoms with Crippen LogP contribution in [-0.4, -0.2) is 9.19 Å². The molecule has 0 spiro atoms. The Bertz CT molecular complexity index is 704. The molecule has 0 bridgehead atoms. The van der Waals surface area contributed by atoms with Crippen LogP contribution in [0.25, 0.3) is 11.0 Å². The van der Waals surface area contributed by atoms with Crippen molar-refractivity contribution >= 4 is 22.9 Å². The zero-order valence-electron chi connectivity index (χ0n) is 8.74. The molecular weight excluding hydrogens is 236 g/mol. The first-order valence-corrected chi connectivity index (χ1v) is 5.81. The summed E-state index contributed by atoms with van der Waals surface area (Å²) in [6.07, 6.45) is 3.46. The van der Waals surface area contributed by atoms with E-state index in [9.17, 15) is 4.79 Å². The second-order valence-corrected chi connectivity index (χ2v) is 4.38. The molecule has 0 saturated carbocycles. The molecule has 0 atom stereocenters. The maximum atomic E-state index is 11.8. The maximum absolute atomic E-state index is 11.8. The Morgan fingerprint density at radius 3 is 2.94 bits per heavy atom. The number of rotatable bonds is 2. The molecule has 0 fully saturated rings. The van der Waals surface area contributed by atoms with Crippen molar-refractivity contribution in [2.24, 2.45) is 0 Å². The number of benzene rings is 1. The summed E-state index contributed by atoms with van der Waals surface area (Å²) in [5.74, 6) is 0. The van der Waals surface area contributed by atoms with Gasteiger partial charge in [0.05, 0.1) is 17.3 Å². The standard InChI is InChI=1S/C12H8N2O2S/c15-10-8-12(17-14-7-3-6-13-14)16-11-5-2-1-4-9(10)11/h1-8H. The van der Waals surface area contributed by atoms with Gasteiger partial charge in [-0.2, -0.15) is 5.10 Å². The molecule has 0 unspecified atom stereocenters. The van der Waals surface area contributed by atoms with E-state index in [4.69, 9.17) is 4.42 Å². The fourth-order valence-electron chi connectivity index (χ4n) is 1.53. The monoisotopic (exact) mass is 244 g/mol. The molecule has 0 N–H and O–H groups in total. The first-order chi connectivity index (χ1) is 8.33. The number of nitrogens with zero attached hydrogens (tertiary/aromatic N) is 2. The summed E-state index contributed by atoms with van der Waals surface area (Å²) in [5.41, 5.74) is 0.552. The second-order valence-electron chi connectivity index (χ2n) is 3.43. The van der Waals surface area contributed by atoms with E-state index >= 15 is 0 Å². The highest BCUT2D eigenvalue weighted by atomic mass is 32.2. The molecule has 5 heteroatoms. The van der Waals surface area contributed by atoms with Gasteiger partial charge in [-0.15, -0.1) is 0 Å². The number of hydrogen-bond acceptors (Lipinski definition) is 4. The molecule has 3 rings (SSSR count). The lowest BCUT2D eigenvalue weighted by Crippen LogP contribution is -2.00. The van der Waals surface area contributed by atoms with Crippen molar-refractivity contribution < 1.29 is 4.42 Å². The van der Waals surface area contributed by atoms with E-state index in [0.29, 0.717) is 16.1 Å². The van der Waals surface area contributed by atoms with Gasteiger partial charge in [-0.3, -0.25) is 4.79 Å². The average Bonchev–Trinajstić information content (AvgIpc) is 2.82. The topological polar surface area (TPSA) is 48.0 Å². The number of hydrogen-bond donors (Lipinski definition) is 0. The summed E-state index contributed by atoms with van der Waals surface area (Å²) in [7, 11) is 0. The van der Waals surface area contributed by atoms with E-state index in [-0.39, 0.29) is 5.43 Å². The number of fused-ring (bicyclic) bond motifs is 1. The minimum Gasteiger partial charge on any atom is -0.448 e. The van der Waals surface area contributed by atoms with Crippen LogP contribution in [0.3, 0.4) is 0 Å². The minimum atomic E-state index is -0.0403. The first kappa shape index (κ1) is 10.2. The molecule has 1 aromatic carbocycles. The molecule has 0 aliphatic rings. The van der Waals surface area contributed by atoms with Crippen molar-refractivity contribution in [1.82, 2.24) is 9.19 Å². The summed E-state index contributed by atoms with van der Waals surface area (Å²) >= 11 is 1.26. The molecule has 2 aromatic heterocycles. The molecule has 4 nitrogen and oxygen atoms in total. The highest BCUT2D eigenvalue weighted by molar-refractivity contribution is 7.97. The van der Waals surface area contributed by atoms with Gasteiger partial charge >= 0.3 is 0 Å². The van der Waals surface area contributed by atoms with E-state index in [1.54, 1.807) is 28.6 Å². The average molecular weight is 244 g/mol. The Kier molecular flexibility index (Phi) is 2.45. The predicted octanol–water partition coefficient (Wildman–Crippen LogP) is 2.54. The third-order valence-electron chi connectivity index (χ3n) is 2.28. The largest absolute Gasteiger partial charge is 0.448 e. The molecule has 0 radical (unpaired) electrons. The Labute approximate surface area is 101 Å². The van der Waals surface area contributed by atoms with Crippen LogP contribution in [0.4, 0.5) is 0 Å². The van der Waals surface area contributed by atoms with E-state index in [1.165, 1.54) is 18.0 Å². The lowest BCUT2D eigenvalue weighted by atomic mass is 10.2. The van der Waals surface area contributed by atoms with Crippen LogP contribution in [0.5, 0.6) is 0 Å². The SMILES string of the molecule is O=c1cc(Sn2cccn2)oc2ccccc12. The van der Waals surface area contributed by atoms with Gasteiger partial charge in [0.25, 0.3) is 0 Å². The van der Waals surface area contributed by atoms with Crippen LogP contribution in [0.1, 0.15) is 0 Å². The molecule has 0 aliphatic carbocycles. The van der Waals surface area contributed by atoms with Crippen LogP contribution in [0.15, 0.2) is 63.1 Å². The van der Waals surface area contributed by atoms with E-state index in [0.717, 1.165) is 0 Å². The van der Waals surface area contributed by atoms with Gasteiger partial charge in [-0.1, -0.05) is 12.1 Å². The van der Waals surface area contributed by atoms with Crippen molar-refractivity contribution in [2.45, 2.75) is 5.09 Å². The number of aromatic nitrogens is 2. The van der Waals surface area contributed by atoms with Crippen LogP contribution in [0, 0.1) is 0 Å². The van der Waals surface area contributed by atoms with Gasteiger partial charge in [-0.05, 0) is 18.2 Å². The summed E-state index contributed by atoms with van der Waals surface area (Å²) in [6, 6.07) is 10.5. The Hall–Kier alpha value is -2.01. The van der Waals surface area contributed by atoms with Crippen LogP contribution in [0.2, 0.25) is 0 Å². The quantitative estimate of drug-likeness (QED) is 0.695. The zero-order chi connectivity index (χ0) is 11.7. The smallest absolute Gasteiger partial charge is 0.193 e. The van der Waals surface area contributed by atoms with Crippen molar-refractivity contribution in [1.29, 1.82) is 0 Å². The van der Waals surface area contributed by atoms with Gasteiger partial charge < -0.3 is 4.42 Å². The third kappa shape index (κ3) is 1.97. The molecule has 84 valence electrons. The summed E-state index contributed by atoms with van der Waals surface area (Å²) in [4.78, 5) is 11.8. The fraction of sp³-hybridized carbons (Fsp3) is 0. The van der Waals surface area contributed by atoms with Gasteiger partial charge in [0.1, 0.15) is 5.58 Å². The van der Waals surface area contributed by atoms with E-state index in [1.807, 2.05) is 18.2 Å². The van der Waals surface area contributed by atoms with Crippen molar-refractivity contribution in [3.05, 3.63) is 59.0 Å². The molecule has 0 aliphatic heterocycles. The maximum Gasteiger partial charge on any atom is 0.193 e. The van der Waals surface area contributed by atoms with Crippen LogP contribution in [-0.2, 0) is 0 Å². The second kappa shape index (κ2) is 4.10. The van der Waals surface area contributed by atoms with E-state index < -0.39 is 0 Å². The summed E-state index contributed by atoms with van der Waals surface area (Å²) < 4.78 is 7.25. The van der Waals surface area contributed by atoms with Crippen molar-refractivity contribution in [2.75, 3.05) is 0 Å². The molecule has 17 heavy (non-hydrogen) atoms. The molecule has 0 amide bonds. The van der Waals surface area contributed by atoms with Gasteiger partial charge in [0.2, 0.25) is 0 Å². The Morgan fingerprint density at radius 1 is 1.24 bits per heavy atom. The van der Waals surface area contributed by atoms with Crippen LogP contribution >= 0.6 is 11.9 Å². The van der Waals surface area contributed by atoms with Crippen molar-refractivity contribution in [3.63, 3.8) is 0 Å². The van der Waals surface area contributed by atoms with Gasteiger partial charge in [0, 0.05) is 18.5 Å². The molecule has 3 aromatic rings. The number of para-hydroxylation sites is 1. The lowest BCUT2D eigenvalue weighted by Gasteiger charge is -2.01. The van der Waals surface area contributed by atoms with E-state index in [2.05, 4.69) is 5.10 Å². The Morgan fingerprint density at radius 2 is 2.12 bits per heavy atom. The molecule has 2 heterocycles. The van der Waals surface area contributed by atoms with Crippen LogP contribution < -0.4 is 5.43 Å². The molecular formula is C12H8N2O2S. The van der Waals surface area contributed by atoms with Crippen molar-refractivity contribution in [3.8, 4) is 0 Å². The normalized spacial score (nSPS) is 10.8. The molecule has 0 saturated heterocycles. The lowest BCUT2D eigenvalue weighted by molar-refractivity contribution is 0.498. The first-order valence-electron chi connectivity index (χ1n) is 5.04. The summed E-state index contributed by atoms with van der Waals surface area (Å²) in [6.45, 7) is 0. The third-order valence-corrected chi connectivity index (χ3v) is 3.06. The summed E-state index contributed by atoms with van der Waals surface area (Å²) in [5, 5.41) is 5.16. The Balaban J connectivity index is 2.10. The highest BCUT2D eigenvalue weighted by Crippen LogP contribution is 2.21. The highest BCUT2D eigenvalue weighted by Gasteiger charge is 2.05. The van der Waals surface area contributed by atoms with Gasteiger partial charge in [0.15, 0.2) is 10.5 Å². The minimum absolute atomic E-state index is 0.0403. The predicted molar refractivity (Wildman–Crippen MR) is 66.0 cm³/mol. The fourth-order valence-corrected chi connectivity index (χ4v) is 2.23.